The zero-order chi connectivity index (χ0) is 10.4. The fourth-order valence-corrected chi connectivity index (χ4v) is 1.81. The van der Waals surface area contributed by atoms with E-state index in [0.29, 0.717) is 15.5 Å². The van der Waals surface area contributed by atoms with Crippen LogP contribution in [-0.4, -0.2) is 16.1 Å². The van der Waals surface area contributed by atoms with E-state index in [2.05, 4.69) is 22.4 Å². The third-order valence-electron chi connectivity index (χ3n) is 1.69. The van der Waals surface area contributed by atoms with E-state index in [-0.39, 0.29) is 5.91 Å². The molecule has 0 aliphatic rings. The quantitative estimate of drug-likeness (QED) is 0.605. The number of nitrogens with zero attached hydrogens (tertiary/aromatic N) is 1. The van der Waals surface area contributed by atoms with Crippen LogP contribution in [0.1, 0.15) is 32.6 Å². The highest BCUT2D eigenvalue weighted by Crippen LogP contribution is 2.11. The summed E-state index contributed by atoms with van der Waals surface area (Å²) in [6.07, 6.45) is 3.69. The van der Waals surface area contributed by atoms with Gasteiger partial charge in [0.1, 0.15) is 0 Å². The minimum Gasteiger partial charge on any atom is -0.301 e. The van der Waals surface area contributed by atoms with Gasteiger partial charge < -0.3 is 5.32 Å². The minimum atomic E-state index is 0.0104. The Hall–Kier alpha value is -0.750. The SMILES string of the molecule is CCCCCC(=O)Nc1n[nH]c(=S)s1. The van der Waals surface area contributed by atoms with E-state index in [1.165, 1.54) is 11.3 Å². The van der Waals surface area contributed by atoms with E-state index >= 15 is 0 Å². The van der Waals surface area contributed by atoms with Crippen LogP contribution in [0.2, 0.25) is 0 Å². The molecule has 1 aromatic heterocycles. The number of amides is 1. The Morgan fingerprint density at radius 1 is 1.64 bits per heavy atom. The average molecular weight is 231 g/mol. The highest BCUT2D eigenvalue weighted by molar-refractivity contribution is 7.73. The Bertz CT molecular complexity index is 344. The molecule has 0 aliphatic carbocycles. The molecule has 0 aromatic carbocycles. The predicted octanol–water partition coefficient (Wildman–Crippen LogP) is 2.72. The number of anilines is 1. The van der Waals surface area contributed by atoms with E-state index in [1.807, 2.05) is 0 Å². The van der Waals surface area contributed by atoms with E-state index in [9.17, 15) is 4.79 Å². The van der Waals surface area contributed by atoms with Gasteiger partial charge in [-0.25, -0.2) is 0 Å². The summed E-state index contributed by atoms with van der Waals surface area (Å²) in [6.45, 7) is 2.11. The molecule has 1 amide bonds. The van der Waals surface area contributed by atoms with E-state index < -0.39 is 0 Å². The fraction of sp³-hybridized carbons (Fsp3) is 0.625. The largest absolute Gasteiger partial charge is 0.301 e. The maximum Gasteiger partial charge on any atom is 0.226 e. The maximum atomic E-state index is 11.3. The molecule has 0 aliphatic heterocycles. The number of H-pyrrole nitrogens is 1. The van der Waals surface area contributed by atoms with Crippen molar-refractivity contribution in [3.8, 4) is 0 Å². The van der Waals surface area contributed by atoms with Gasteiger partial charge in [-0.3, -0.25) is 9.89 Å². The highest BCUT2D eigenvalue weighted by Gasteiger charge is 2.03. The van der Waals surface area contributed by atoms with Gasteiger partial charge in [-0.1, -0.05) is 31.1 Å². The van der Waals surface area contributed by atoms with Crippen LogP contribution in [0.3, 0.4) is 0 Å². The number of rotatable bonds is 5. The van der Waals surface area contributed by atoms with E-state index in [1.54, 1.807) is 0 Å². The molecule has 0 spiro atoms. The Morgan fingerprint density at radius 2 is 2.43 bits per heavy atom. The van der Waals surface area contributed by atoms with Crippen LogP contribution < -0.4 is 5.32 Å². The van der Waals surface area contributed by atoms with Crippen LogP contribution >= 0.6 is 23.6 Å². The number of nitrogens with one attached hydrogen (secondary N) is 2. The Morgan fingerprint density at radius 3 is 3.00 bits per heavy atom. The molecule has 78 valence electrons. The lowest BCUT2D eigenvalue weighted by molar-refractivity contribution is -0.116. The summed E-state index contributed by atoms with van der Waals surface area (Å²) < 4.78 is 0.578. The highest BCUT2D eigenvalue weighted by atomic mass is 32.1. The molecule has 1 heterocycles. The van der Waals surface area contributed by atoms with Crippen molar-refractivity contribution >= 4 is 34.6 Å². The first-order valence-electron chi connectivity index (χ1n) is 4.57. The third kappa shape index (κ3) is 3.97. The van der Waals surface area contributed by atoms with Crippen LogP contribution in [-0.2, 0) is 4.79 Å². The number of aromatic amines is 1. The molecule has 0 atom stereocenters. The van der Waals surface area contributed by atoms with Gasteiger partial charge in [0.05, 0.1) is 0 Å². The lowest BCUT2D eigenvalue weighted by Crippen LogP contribution is -2.10. The van der Waals surface area contributed by atoms with Gasteiger partial charge in [0, 0.05) is 6.42 Å². The molecule has 1 rings (SSSR count). The van der Waals surface area contributed by atoms with Crippen LogP contribution in [0, 0.1) is 3.95 Å². The molecule has 2 N–H and O–H groups in total. The second-order valence-electron chi connectivity index (χ2n) is 2.92. The van der Waals surface area contributed by atoms with Crippen molar-refractivity contribution in [2.75, 3.05) is 5.32 Å². The Labute approximate surface area is 91.7 Å². The molecule has 0 saturated heterocycles. The molecule has 0 unspecified atom stereocenters. The van der Waals surface area contributed by atoms with E-state index in [4.69, 9.17) is 12.2 Å². The molecule has 0 radical (unpaired) electrons. The number of aromatic nitrogens is 2. The standard InChI is InChI=1S/C8H13N3OS2/c1-2-3-4-5-6(12)9-7-10-11-8(13)14-7/h2-5H2,1H3,(H,11,13)(H,9,10,12). The summed E-state index contributed by atoms with van der Waals surface area (Å²) in [5.41, 5.74) is 0. The normalized spacial score (nSPS) is 10.1. The van der Waals surface area contributed by atoms with Crippen LogP contribution in [0.5, 0.6) is 0 Å². The molecular formula is C8H13N3OS2. The molecule has 0 fully saturated rings. The van der Waals surface area contributed by atoms with Crippen LogP contribution in [0.4, 0.5) is 5.13 Å². The van der Waals surface area contributed by atoms with Gasteiger partial charge in [-0.15, -0.1) is 5.10 Å². The van der Waals surface area contributed by atoms with Gasteiger partial charge in [0.2, 0.25) is 11.0 Å². The van der Waals surface area contributed by atoms with Crippen LogP contribution in [0.25, 0.3) is 0 Å². The number of unbranched alkanes of at least 4 members (excludes halogenated alkanes) is 2. The van der Waals surface area contributed by atoms with Gasteiger partial charge in [0.25, 0.3) is 0 Å². The van der Waals surface area contributed by atoms with Crippen molar-refractivity contribution in [1.29, 1.82) is 0 Å². The van der Waals surface area contributed by atoms with Crippen molar-refractivity contribution in [2.24, 2.45) is 0 Å². The van der Waals surface area contributed by atoms with E-state index in [0.717, 1.165) is 19.3 Å². The minimum absolute atomic E-state index is 0.0104. The first-order valence-corrected chi connectivity index (χ1v) is 5.80. The summed E-state index contributed by atoms with van der Waals surface area (Å²) in [4.78, 5) is 11.3. The molecule has 0 bridgehead atoms. The average Bonchev–Trinajstić information content (AvgIpc) is 2.52. The summed E-state index contributed by atoms with van der Waals surface area (Å²) in [6, 6.07) is 0. The Balaban J connectivity index is 2.30. The monoisotopic (exact) mass is 231 g/mol. The molecular weight excluding hydrogens is 218 g/mol. The summed E-state index contributed by atoms with van der Waals surface area (Å²) in [5, 5.41) is 9.70. The van der Waals surface area contributed by atoms with Crippen LogP contribution in [0.15, 0.2) is 0 Å². The topological polar surface area (TPSA) is 57.8 Å². The number of carbonyl (C=O) groups is 1. The van der Waals surface area contributed by atoms with Crippen molar-refractivity contribution in [3.63, 3.8) is 0 Å². The zero-order valence-corrected chi connectivity index (χ0v) is 9.63. The number of hydrogen-bond donors (Lipinski definition) is 2. The molecule has 14 heavy (non-hydrogen) atoms. The summed E-state index contributed by atoms with van der Waals surface area (Å²) in [5.74, 6) is 0.0104. The van der Waals surface area contributed by atoms with Crippen molar-refractivity contribution in [3.05, 3.63) is 3.95 Å². The predicted molar refractivity (Wildman–Crippen MR) is 60.1 cm³/mol. The number of carbonyl (C=O) groups excluding carboxylic acids is 1. The van der Waals surface area contributed by atoms with Crippen molar-refractivity contribution in [1.82, 2.24) is 10.2 Å². The maximum absolute atomic E-state index is 11.3. The Kier molecular flexibility index (Phi) is 4.75. The van der Waals surface area contributed by atoms with Crippen molar-refractivity contribution in [2.45, 2.75) is 32.6 Å². The molecule has 0 saturated carbocycles. The summed E-state index contributed by atoms with van der Waals surface area (Å²) in [7, 11) is 0. The van der Waals surface area contributed by atoms with Crippen molar-refractivity contribution < 1.29 is 4.79 Å². The van der Waals surface area contributed by atoms with Gasteiger partial charge >= 0.3 is 0 Å². The third-order valence-corrected chi connectivity index (χ3v) is 2.70. The molecule has 6 heteroatoms. The lowest BCUT2D eigenvalue weighted by atomic mass is 10.2. The second-order valence-corrected chi connectivity index (χ2v) is 4.59. The number of hydrogen-bond acceptors (Lipinski definition) is 4. The van der Waals surface area contributed by atoms with Gasteiger partial charge in [0.15, 0.2) is 3.95 Å². The lowest BCUT2D eigenvalue weighted by Gasteiger charge is -1.99. The smallest absolute Gasteiger partial charge is 0.226 e. The first-order chi connectivity index (χ1) is 6.72. The molecule has 1 aromatic rings. The van der Waals surface area contributed by atoms with Gasteiger partial charge in [-0.2, -0.15) is 0 Å². The molecule has 4 nitrogen and oxygen atoms in total. The summed E-state index contributed by atoms with van der Waals surface area (Å²) >= 11 is 6.11. The first kappa shape index (κ1) is 11.3. The second kappa shape index (κ2) is 5.87. The zero-order valence-electron chi connectivity index (χ0n) is 8.00. The van der Waals surface area contributed by atoms with Gasteiger partial charge in [-0.05, 0) is 18.6 Å². The fourth-order valence-electron chi connectivity index (χ4n) is 1.00.